The van der Waals surface area contributed by atoms with Crippen LogP contribution < -0.4 is 5.32 Å². The normalized spacial score (nSPS) is 10.5. The minimum Gasteiger partial charge on any atom is -0.462 e. The van der Waals surface area contributed by atoms with Crippen molar-refractivity contribution in [2.75, 3.05) is 11.9 Å². The highest BCUT2D eigenvalue weighted by Gasteiger charge is 2.16. The number of amides is 1. The van der Waals surface area contributed by atoms with Crippen LogP contribution in [0.5, 0.6) is 0 Å². The Balaban J connectivity index is 1.84. The van der Waals surface area contributed by atoms with Gasteiger partial charge in [-0.25, -0.2) is 14.5 Å². The van der Waals surface area contributed by atoms with Crippen molar-refractivity contribution in [1.82, 2.24) is 14.8 Å². The van der Waals surface area contributed by atoms with E-state index in [1.807, 2.05) is 18.2 Å². The Morgan fingerprint density at radius 2 is 2.00 bits per heavy atom. The molecule has 0 saturated carbocycles. The second-order valence-electron chi connectivity index (χ2n) is 5.62. The van der Waals surface area contributed by atoms with Crippen molar-refractivity contribution in [2.45, 2.75) is 13.8 Å². The van der Waals surface area contributed by atoms with Gasteiger partial charge in [-0.15, -0.1) is 0 Å². The molecule has 2 heterocycles. The Morgan fingerprint density at radius 1 is 1.22 bits per heavy atom. The molecule has 1 N–H and O–H groups in total. The summed E-state index contributed by atoms with van der Waals surface area (Å²) in [6.45, 7) is 3.68. The first-order valence-corrected chi connectivity index (χ1v) is 9.04. The average molecular weight is 429 g/mol. The number of esters is 1. The maximum Gasteiger partial charge on any atom is 0.339 e. The predicted octanol–water partition coefficient (Wildman–Crippen LogP) is 3.77. The van der Waals surface area contributed by atoms with E-state index in [1.54, 1.807) is 43.1 Å². The number of halogens is 1. The number of aromatic nitrogens is 3. The Morgan fingerprint density at radius 3 is 2.67 bits per heavy atom. The highest BCUT2D eigenvalue weighted by molar-refractivity contribution is 9.10. The van der Waals surface area contributed by atoms with Gasteiger partial charge in [0.2, 0.25) is 0 Å². The molecular formula is C19H17BrN4O3. The summed E-state index contributed by atoms with van der Waals surface area (Å²) < 4.78 is 7.46. The molecule has 0 aliphatic heterocycles. The highest BCUT2D eigenvalue weighted by atomic mass is 79.9. The van der Waals surface area contributed by atoms with Gasteiger partial charge in [0.05, 0.1) is 39.9 Å². The number of anilines is 1. The van der Waals surface area contributed by atoms with Gasteiger partial charge in [0.25, 0.3) is 5.91 Å². The number of nitrogens with one attached hydrogen (secondary N) is 1. The predicted molar refractivity (Wildman–Crippen MR) is 104 cm³/mol. The lowest BCUT2D eigenvalue weighted by atomic mass is 10.1. The Bertz CT molecular complexity index is 1000. The van der Waals surface area contributed by atoms with Crippen molar-refractivity contribution in [2.24, 2.45) is 0 Å². The third kappa shape index (κ3) is 4.22. The number of carbonyl (C=O) groups excluding carboxylic acids is 2. The van der Waals surface area contributed by atoms with Crippen LogP contribution in [0.2, 0.25) is 0 Å². The number of nitrogens with zero attached hydrogens (tertiary/aromatic N) is 3. The van der Waals surface area contributed by atoms with Crippen molar-refractivity contribution in [3.8, 4) is 5.69 Å². The largest absolute Gasteiger partial charge is 0.462 e. The summed E-state index contributed by atoms with van der Waals surface area (Å²) in [4.78, 5) is 28.7. The van der Waals surface area contributed by atoms with Gasteiger partial charge >= 0.3 is 5.97 Å². The fourth-order valence-corrected chi connectivity index (χ4v) is 2.80. The first-order valence-electron chi connectivity index (χ1n) is 8.25. The molecule has 0 bridgehead atoms. The fourth-order valence-electron chi connectivity index (χ4n) is 2.51. The lowest BCUT2D eigenvalue weighted by Crippen LogP contribution is -2.17. The lowest BCUT2D eigenvalue weighted by molar-refractivity contribution is 0.0524. The molecule has 0 radical (unpaired) electrons. The van der Waals surface area contributed by atoms with E-state index in [0.717, 1.165) is 10.2 Å². The molecule has 0 aliphatic rings. The van der Waals surface area contributed by atoms with Gasteiger partial charge in [-0.3, -0.25) is 4.79 Å². The van der Waals surface area contributed by atoms with E-state index in [0.29, 0.717) is 16.9 Å². The van der Waals surface area contributed by atoms with Crippen LogP contribution in [-0.4, -0.2) is 33.2 Å². The highest BCUT2D eigenvalue weighted by Crippen LogP contribution is 2.22. The van der Waals surface area contributed by atoms with Crippen LogP contribution >= 0.6 is 15.9 Å². The van der Waals surface area contributed by atoms with Gasteiger partial charge in [0, 0.05) is 6.20 Å². The topological polar surface area (TPSA) is 86.1 Å². The molecule has 7 nitrogen and oxygen atoms in total. The van der Waals surface area contributed by atoms with Crippen molar-refractivity contribution >= 4 is 33.5 Å². The Hall–Kier alpha value is -3.00. The standard InChI is InChI=1S/C19H17BrN4O3/c1-3-27-19(26)14-8-9-16(22-12(14)2)18(25)23-15-6-4-5-7-17(15)24-11-13(20)10-21-24/h4-11H,3H2,1-2H3,(H,23,25). The molecule has 3 rings (SSSR count). The van der Waals surface area contributed by atoms with Gasteiger partial charge in [0.15, 0.2) is 0 Å². The SMILES string of the molecule is CCOC(=O)c1ccc(C(=O)Nc2ccccc2-n2cc(Br)cn2)nc1C. The summed E-state index contributed by atoms with van der Waals surface area (Å²) in [7, 11) is 0. The first kappa shape index (κ1) is 18.8. The second-order valence-corrected chi connectivity index (χ2v) is 6.54. The van der Waals surface area contributed by atoms with Gasteiger partial charge < -0.3 is 10.1 Å². The van der Waals surface area contributed by atoms with Gasteiger partial charge in [-0.2, -0.15) is 5.10 Å². The van der Waals surface area contributed by atoms with Crippen LogP contribution in [0, 0.1) is 6.92 Å². The maximum absolute atomic E-state index is 12.6. The van der Waals surface area contributed by atoms with Crippen LogP contribution in [0.3, 0.4) is 0 Å². The van der Waals surface area contributed by atoms with E-state index in [-0.39, 0.29) is 18.2 Å². The van der Waals surface area contributed by atoms with E-state index >= 15 is 0 Å². The number of aryl methyl sites for hydroxylation is 1. The molecule has 0 unspecified atom stereocenters. The van der Waals surface area contributed by atoms with E-state index < -0.39 is 5.97 Å². The molecule has 1 amide bonds. The summed E-state index contributed by atoms with van der Waals surface area (Å²) >= 11 is 3.36. The molecule has 0 aliphatic carbocycles. The minimum absolute atomic E-state index is 0.206. The van der Waals surface area contributed by atoms with Gasteiger partial charge in [-0.1, -0.05) is 12.1 Å². The molecular weight excluding hydrogens is 412 g/mol. The summed E-state index contributed by atoms with van der Waals surface area (Å²) in [5.41, 5.74) is 2.29. The van der Waals surface area contributed by atoms with E-state index in [9.17, 15) is 9.59 Å². The first-order chi connectivity index (χ1) is 13.0. The summed E-state index contributed by atoms with van der Waals surface area (Å²) in [6.07, 6.45) is 3.46. The quantitative estimate of drug-likeness (QED) is 0.625. The molecule has 3 aromatic rings. The lowest BCUT2D eigenvalue weighted by Gasteiger charge is -2.11. The smallest absolute Gasteiger partial charge is 0.339 e. The zero-order chi connectivity index (χ0) is 19.4. The molecule has 0 spiro atoms. The fraction of sp³-hybridized carbons (Fsp3) is 0.158. The van der Waals surface area contributed by atoms with Crippen LogP contribution in [-0.2, 0) is 4.74 Å². The minimum atomic E-state index is -0.455. The van der Waals surface area contributed by atoms with Crippen molar-refractivity contribution in [3.05, 3.63) is 70.2 Å². The summed E-state index contributed by atoms with van der Waals surface area (Å²) in [6, 6.07) is 10.4. The van der Waals surface area contributed by atoms with E-state index in [4.69, 9.17) is 4.74 Å². The summed E-state index contributed by atoms with van der Waals surface area (Å²) in [5.74, 6) is -0.837. The Kier molecular flexibility index (Phi) is 5.66. The number of carbonyl (C=O) groups is 2. The molecule has 2 aromatic heterocycles. The molecule has 27 heavy (non-hydrogen) atoms. The van der Waals surface area contributed by atoms with E-state index in [2.05, 4.69) is 31.3 Å². The number of hydrogen-bond donors (Lipinski definition) is 1. The Labute approximate surface area is 164 Å². The summed E-state index contributed by atoms with van der Waals surface area (Å²) in [5, 5.41) is 7.08. The second kappa shape index (κ2) is 8.13. The molecule has 8 heteroatoms. The molecule has 0 fully saturated rings. The number of rotatable bonds is 5. The number of ether oxygens (including phenoxy) is 1. The average Bonchev–Trinajstić information content (AvgIpc) is 3.08. The monoisotopic (exact) mass is 428 g/mol. The zero-order valence-electron chi connectivity index (χ0n) is 14.8. The maximum atomic E-state index is 12.6. The zero-order valence-corrected chi connectivity index (χ0v) is 16.4. The number of pyridine rings is 1. The van der Waals surface area contributed by atoms with Gasteiger partial charge in [-0.05, 0) is 54.0 Å². The molecule has 0 atom stereocenters. The third-order valence-corrected chi connectivity index (χ3v) is 4.17. The van der Waals surface area contributed by atoms with Crippen LogP contribution in [0.15, 0.2) is 53.3 Å². The van der Waals surface area contributed by atoms with Crippen molar-refractivity contribution < 1.29 is 14.3 Å². The molecule has 1 aromatic carbocycles. The van der Waals surface area contributed by atoms with Crippen LogP contribution in [0.25, 0.3) is 5.69 Å². The van der Waals surface area contributed by atoms with E-state index in [1.165, 1.54) is 6.07 Å². The van der Waals surface area contributed by atoms with Gasteiger partial charge in [0.1, 0.15) is 5.69 Å². The number of para-hydroxylation sites is 2. The van der Waals surface area contributed by atoms with Crippen molar-refractivity contribution in [3.63, 3.8) is 0 Å². The molecule has 0 saturated heterocycles. The molecule has 138 valence electrons. The number of hydrogen-bond acceptors (Lipinski definition) is 5. The third-order valence-electron chi connectivity index (χ3n) is 3.76. The number of benzene rings is 1. The van der Waals surface area contributed by atoms with Crippen LogP contribution in [0.1, 0.15) is 33.5 Å². The van der Waals surface area contributed by atoms with Crippen molar-refractivity contribution in [1.29, 1.82) is 0 Å². The van der Waals surface area contributed by atoms with Crippen LogP contribution in [0.4, 0.5) is 5.69 Å².